The Kier molecular flexibility index (Phi) is 25.1. The highest BCUT2D eigenvalue weighted by molar-refractivity contribution is 5.69. The first-order valence-electron chi connectivity index (χ1n) is 13.7. The summed E-state index contributed by atoms with van der Waals surface area (Å²) >= 11 is 0. The largest absolute Gasteiger partial charge is 0.463 e. The number of rotatable bonds is 27. The molecule has 1 rings (SSSR count). The van der Waals surface area contributed by atoms with Gasteiger partial charge < -0.3 is 42.6 Å². The summed E-state index contributed by atoms with van der Waals surface area (Å²) in [7, 11) is 0. The molecule has 1 fully saturated rings. The Hall–Kier alpha value is -0.850. The third-order valence-electron chi connectivity index (χ3n) is 5.25. The molecule has 1 heterocycles. The van der Waals surface area contributed by atoms with Crippen LogP contribution >= 0.6 is 0 Å². The minimum Gasteiger partial charge on any atom is -0.463 e. The second-order valence-corrected chi connectivity index (χ2v) is 8.37. The van der Waals surface area contributed by atoms with Crippen molar-refractivity contribution < 1.29 is 47.4 Å². The zero-order valence-electron chi connectivity index (χ0n) is 22.4. The van der Waals surface area contributed by atoms with Crippen LogP contribution in [0.2, 0.25) is 0 Å². The van der Waals surface area contributed by atoms with Gasteiger partial charge in [-0.3, -0.25) is 4.79 Å². The summed E-state index contributed by atoms with van der Waals surface area (Å²) in [5.74, 6) is -0.146. The fourth-order valence-electron chi connectivity index (χ4n) is 3.27. The van der Waals surface area contributed by atoms with Crippen LogP contribution in [-0.2, 0) is 47.4 Å². The number of ether oxygens (including phenoxy) is 9. The van der Waals surface area contributed by atoms with E-state index >= 15 is 0 Å². The van der Waals surface area contributed by atoms with E-state index < -0.39 is 0 Å². The van der Waals surface area contributed by atoms with E-state index in [-0.39, 0.29) is 12.3 Å². The molecule has 10 nitrogen and oxygen atoms in total. The van der Waals surface area contributed by atoms with Crippen LogP contribution in [-0.4, -0.2) is 111 Å². The first-order valence-corrected chi connectivity index (χ1v) is 13.7. The Morgan fingerprint density at radius 1 is 0.639 bits per heavy atom. The molecule has 214 valence electrons. The molecular formula is C26H50O10. The van der Waals surface area contributed by atoms with Gasteiger partial charge in [0.05, 0.1) is 85.9 Å². The molecule has 1 aliphatic rings. The maximum absolute atomic E-state index is 11.5. The first-order chi connectivity index (χ1) is 17.8. The van der Waals surface area contributed by atoms with Crippen LogP contribution in [0.1, 0.15) is 58.3 Å². The summed E-state index contributed by atoms with van der Waals surface area (Å²) in [6.45, 7) is 9.80. The lowest BCUT2D eigenvalue weighted by molar-refractivity contribution is -0.169. The summed E-state index contributed by atoms with van der Waals surface area (Å²) < 4.78 is 48.9. The van der Waals surface area contributed by atoms with Gasteiger partial charge in [-0.05, 0) is 25.7 Å². The van der Waals surface area contributed by atoms with Crippen LogP contribution in [0, 0.1) is 0 Å². The summed E-state index contributed by atoms with van der Waals surface area (Å²) in [5, 5.41) is 0. The van der Waals surface area contributed by atoms with Crippen molar-refractivity contribution in [3.63, 3.8) is 0 Å². The van der Waals surface area contributed by atoms with Crippen molar-refractivity contribution in [1.29, 1.82) is 0 Å². The van der Waals surface area contributed by atoms with Crippen molar-refractivity contribution >= 4 is 5.97 Å². The molecule has 0 aliphatic carbocycles. The minimum atomic E-state index is -0.146. The molecule has 10 heteroatoms. The predicted octanol–water partition coefficient (Wildman–Crippen LogP) is 3.14. The molecule has 1 saturated heterocycles. The molecule has 0 saturated carbocycles. The van der Waals surface area contributed by atoms with Gasteiger partial charge in [0.15, 0.2) is 6.29 Å². The van der Waals surface area contributed by atoms with Crippen molar-refractivity contribution in [2.75, 3.05) is 99.1 Å². The summed E-state index contributed by atoms with van der Waals surface area (Å²) in [6, 6.07) is 0. The maximum Gasteiger partial charge on any atom is 0.305 e. The molecule has 36 heavy (non-hydrogen) atoms. The molecule has 0 radical (unpaired) electrons. The summed E-state index contributed by atoms with van der Waals surface area (Å²) in [4.78, 5) is 11.5. The van der Waals surface area contributed by atoms with E-state index in [1.54, 1.807) is 0 Å². The Labute approximate surface area is 217 Å². The number of hydrogen-bond acceptors (Lipinski definition) is 10. The molecule has 1 aliphatic heterocycles. The normalized spacial score (nSPS) is 15.9. The number of carbonyl (C=O) groups excluding carboxylic acids is 1. The maximum atomic E-state index is 11.5. The lowest BCUT2D eigenvalue weighted by Crippen LogP contribution is -2.24. The van der Waals surface area contributed by atoms with E-state index in [1.807, 2.05) is 0 Å². The van der Waals surface area contributed by atoms with E-state index in [2.05, 4.69) is 6.92 Å². The first kappa shape index (κ1) is 33.2. The standard InChI is InChI=1S/C26H50O10/c1-2-3-4-5-8-25(27)34-23-21-32-19-17-30-15-13-28-11-12-29-14-16-31-18-20-33-22-24-36-26-9-6-7-10-35-26/h26H,2-24H2,1H3. The van der Waals surface area contributed by atoms with Crippen LogP contribution in [0.15, 0.2) is 0 Å². The van der Waals surface area contributed by atoms with Crippen molar-refractivity contribution in [3.8, 4) is 0 Å². The fourth-order valence-corrected chi connectivity index (χ4v) is 3.27. The molecule has 1 unspecified atom stereocenters. The quantitative estimate of drug-likeness (QED) is 0.118. The zero-order chi connectivity index (χ0) is 25.8. The summed E-state index contributed by atoms with van der Waals surface area (Å²) in [6.07, 6.45) is 7.99. The lowest BCUT2D eigenvalue weighted by Gasteiger charge is -2.22. The van der Waals surface area contributed by atoms with Crippen LogP contribution < -0.4 is 0 Å². The average Bonchev–Trinajstić information content (AvgIpc) is 2.90. The smallest absolute Gasteiger partial charge is 0.305 e. The Balaban J connectivity index is 1.65. The van der Waals surface area contributed by atoms with Crippen LogP contribution in [0.5, 0.6) is 0 Å². The van der Waals surface area contributed by atoms with Crippen LogP contribution in [0.25, 0.3) is 0 Å². The minimum absolute atomic E-state index is 0.0631. The third-order valence-corrected chi connectivity index (χ3v) is 5.25. The average molecular weight is 523 g/mol. The summed E-state index contributed by atoms with van der Waals surface area (Å²) in [5.41, 5.74) is 0. The third kappa shape index (κ3) is 23.5. The van der Waals surface area contributed by atoms with Crippen molar-refractivity contribution in [1.82, 2.24) is 0 Å². The second-order valence-electron chi connectivity index (χ2n) is 8.37. The van der Waals surface area contributed by atoms with E-state index in [0.29, 0.717) is 98.9 Å². The highest BCUT2D eigenvalue weighted by Crippen LogP contribution is 2.13. The fraction of sp³-hybridized carbons (Fsp3) is 0.962. The lowest BCUT2D eigenvalue weighted by atomic mass is 10.2. The van der Waals surface area contributed by atoms with Crippen LogP contribution in [0.3, 0.4) is 0 Å². The van der Waals surface area contributed by atoms with Crippen molar-refractivity contribution in [2.45, 2.75) is 64.6 Å². The van der Waals surface area contributed by atoms with Gasteiger partial charge in [-0.25, -0.2) is 0 Å². The Morgan fingerprint density at radius 3 is 1.61 bits per heavy atom. The monoisotopic (exact) mass is 522 g/mol. The van der Waals surface area contributed by atoms with Gasteiger partial charge in [-0.2, -0.15) is 0 Å². The van der Waals surface area contributed by atoms with Gasteiger partial charge in [-0.1, -0.05) is 26.2 Å². The highest BCUT2D eigenvalue weighted by atomic mass is 16.7. The van der Waals surface area contributed by atoms with Gasteiger partial charge >= 0.3 is 5.97 Å². The van der Waals surface area contributed by atoms with Gasteiger partial charge in [0.1, 0.15) is 6.61 Å². The van der Waals surface area contributed by atoms with E-state index in [1.165, 1.54) is 6.42 Å². The van der Waals surface area contributed by atoms with Gasteiger partial charge in [-0.15, -0.1) is 0 Å². The number of esters is 1. The number of carbonyl (C=O) groups is 1. The van der Waals surface area contributed by atoms with E-state index in [4.69, 9.17) is 42.6 Å². The van der Waals surface area contributed by atoms with E-state index in [9.17, 15) is 4.79 Å². The topological polar surface area (TPSA) is 100 Å². The number of unbranched alkanes of at least 4 members (excludes halogenated alkanes) is 3. The molecule has 1 atom stereocenters. The van der Waals surface area contributed by atoms with Crippen molar-refractivity contribution in [2.24, 2.45) is 0 Å². The molecule has 0 aromatic rings. The molecular weight excluding hydrogens is 472 g/mol. The number of hydrogen-bond donors (Lipinski definition) is 0. The molecule has 0 N–H and O–H groups in total. The van der Waals surface area contributed by atoms with Gasteiger partial charge in [0.25, 0.3) is 0 Å². The van der Waals surface area contributed by atoms with E-state index in [0.717, 1.165) is 45.1 Å². The molecule has 0 amide bonds. The Bertz CT molecular complexity index is 460. The van der Waals surface area contributed by atoms with Crippen LogP contribution in [0.4, 0.5) is 0 Å². The van der Waals surface area contributed by atoms with Gasteiger partial charge in [0.2, 0.25) is 0 Å². The SMILES string of the molecule is CCCCCCC(=O)OCCOCCOCCOCCOCCOCCOCCOC1CCCCO1. The second kappa shape index (κ2) is 27.2. The zero-order valence-corrected chi connectivity index (χ0v) is 22.4. The van der Waals surface area contributed by atoms with Crippen molar-refractivity contribution in [3.05, 3.63) is 0 Å². The molecule has 0 aromatic carbocycles. The van der Waals surface area contributed by atoms with Gasteiger partial charge in [0, 0.05) is 13.0 Å². The molecule has 0 aromatic heterocycles. The highest BCUT2D eigenvalue weighted by Gasteiger charge is 2.13. The molecule has 0 spiro atoms. The predicted molar refractivity (Wildman–Crippen MR) is 134 cm³/mol. The Morgan fingerprint density at radius 2 is 1.14 bits per heavy atom. The molecule has 0 bridgehead atoms.